The maximum Gasteiger partial charge on any atom is 0.317 e. The van der Waals surface area contributed by atoms with E-state index in [2.05, 4.69) is 15.8 Å². The normalized spacial score (nSPS) is 16.2. The summed E-state index contributed by atoms with van der Waals surface area (Å²) in [4.78, 5) is 10.2. The summed E-state index contributed by atoms with van der Waals surface area (Å²) in [5.74, 6) is 0.613. The van der Waals surface area contributed by atoms with Crippen molar-refractivity contribution >= 4 is 11.9 Å². The smallest absolute Gasteiger partial charge is 0.317 e. The van der Waals surface area contributed by atoms with Crippen LogP contribution in [0, 0.1) is 0 Å². The first-order valence-corrected chi connectivity index (χ1v) is 2.65. The molecule has 5 nitrogen and oxygen atoms in total. The van der Waals surface area contributed by atoms with Crippen molar-refractivity contribution in [2.45, 2.75) is 6.42 Å². The summed E-state index contributed by atoms with van der Waals surface area (Å²) in [6.07, 6.45) is 0.739. The Morgan fingerprint density at radius 1 is 1.89 bits per heavy atom. The van der Waals surface area contributed by atoms with Crippen molar-refractivity contribution in [1.29, 1.82) is 0 Å². The van der Waals surface area contributed by atoms with Gasteiger partial charge in [-0.3, -0.25) is 5.32 Å². The van der Waals surface area contributed by atoms with Crippen molar-refractivity contribution in [2.75, 3.05) is 6.54 Å². The highest BCUT2D eigenvalue weighted by atomic mass is 16.2. The number of amides is 2. The van der Waals surface area contributed by atoms with Crippen molar-refractivity contribution in [3.8, 4) is 0 Å². The second-order valence-corrected chi connectivity index (χ2v) is 1.71. The molecule has 0 radical (unpaired) electrons. The van der Waals surface area contributed by atoms with Gasteiger partial charge in [0.2, 0.25) is 0 Å². The van der Waals surface area contributed by atoms with E-state index < -0.39 is 6.03 Å². The molecule has 0 saturated heterocycles. The summed E-state index contributed by atoms with van der Waals surface area (Å²) >= 11 is 0. The van der Waals surface area contributed by atoms with E-state index in [9.17, 15) is 4.79 Å². The monoisotopic (exact) mass is 128 g/mol. The summed E-state index contributed by atoms with van der Waals surface area (Å²) in [5, 5.41) is 6.10. The first-order valence-electron chi connectivity index (χ1n) is 2.65. The molecular formula is C4H8N4O. The molecule has 1 rings (SSSR count). The minimum Gasteiger partial charge on any atom is -0.351 e. The zero-order valence-corrected chi connectivity index (χ0v) is 4.85. The van der Waals surface area contributed by atoms with Crippen LogP contribution in [0.4, 0.5) is 4.79 Å². The summed E-state index contributed by atoms with van der Waals surface area (Å²) in [6, 6.07) is -0.558. The van der Waals surface area contributed by atoms with E-state index in [0.29, 0.717) is 5.84 Å². The number of hydrogen-bond donors (Lipinski definition) is 3. The van der Waals surface area contributed by atoms with Crippen LogP contribution in [0.5, 0.6) is 0 Å². The fourth-order valence-corrected chi connectivity index (χ4v) is 0.614. The molecule has 0 unspecified atom stereocenters. The van der Waals surface area contributed by atoms with E-state index >= 15 is 0 Å². The molecule has 0 aromatic heterocycles. The third-order valence-electron chi connectivity index (χ3n) is 0.955. The Morgan fingerprint density at radius 3 is 3.11 bits per heavy atom. The number of nitrogens with zero attached hydrogens (tertiary/aromatic N) is 1. The summed E-state index contributed by atoms with van der Waals surface area (Å²) in [5.41, 5.74) is 7.51. The topological polar surface area (TPSA) is 79.5 Å². The van der Waals surface area contributed by atoms with E-state index in [1.54, 1.807) is 0 Å². The van der Waals surface area contributed by atoms with Gasteiger partial charge in [0, 0.05) is 13.0 Å². The Labute approximate surface area is 52.3 Å². The first-order chi connectivity index (χ1) is 4.29. The van der Waals surface area contributed by atoms with Gasteiger partial charge in [-0.1, -0.05) is 0 Å². The van der Waals surface area contributed by atoms with Crippen LogP contribution in [0.25, 0.3) is 0 Å². The van der Waals surface area contributed by atoms with E-state index in [1.807, 2.05) is 0 Å². The number of hydrazone groups is 1. The molecule has 1 aliphatic heterocycles. The van der Waals surface area contributed by atoms with Gasteiger partial charge in [0.25, 0.3) is 0 Å². The van der Waals surface area contributed by atoms with Crippen LogP contribution in [0.3, 0.4) is 0 Å². The molecule has 2 amide bonds. The van der Waals surface area contributed by atoms with Crippen LogP contribution < -0.4 is 16.5 Å². The second-order valence-electron chi connectivity index (χ2n) is 1.71. The van der Waals surface area contributed by atoms with Crippen LogP contribution in [0.15, 0.2) is 5.10 Å². The van der Waals surface area contributed by atoms with Gasteiger partial charge < -0.3 is 11.2 Å². The standard InChI is InChI=1S/C4H8N4O/c5-4(9)7-3-1-2-6-8-3/h6H,1-2H2,(H3,5,7,8,9). The number of carbonyl (C=O) groups is 1. The van der Waals surface area contributed by atoms with Crippen molar-refractivity contribution in [2.24, 2.45) is 10.8 Å². The molecule has 1 heterocycles. The minimum absolute atomic E-state index is 0.558. The molecule has 1 aliphatic rings. The quantitative estimate of drug-likeness (QED) is 0.389. The second kappa shape index (κ2) is 2.34. The fraction of sp³-hybridized carbons (Fsp3) is 0.500. The molecule has 0 aliphatic carbocycles. The predicted octanol–water partition coefficient (Wildman–Crippen LogP) is -1.04. The highest BCUT2D eigenvalue weighted by Gasteiger charge is 2.05. The van der Waals surface area contributed by atoms with Crippen LogP contribution in [0.2, 0.25) is 0 Å². The summed E-state index contributed by atoms with van der Waals surface area (Å²) in [7, 11) is 0. The molecular weight excluding hydrogens is 120 g/mol. The van der Waals surface area contributed by atoms with E-state index in [-0.39, 0.29) is 0 Å². The Kier molecular flexibility index (Phi) is 1.53. The van der Waals surface area contributed by atoms with Gasteiger partial charge in [0.15, 0.2) is 0 Å². The van der Waals surface area contributed by atoms with Crippen LogP contribution >= 0.6 is 0 Å². The molecule has 50 valence electrons. The average Bonchev–Trinajstić information content (AvgIpc) is 2.15. The van der Waals surface area contributed by atoms with Crippen LogP contribution in [-0.4, -0.2) is 18.4 Å². The number of amidine groups is 1. The van der Waals surface area contributed by atoms with Gasteiger partial charge in [0.05, 0.1) is 0 Å². The molecule has 0 aromatic carbocycles. The van der Waals surface area contributed by atoms with Crippen molar-refractivity contribution in [3.05, 3.63) is 0 Å². The molecule has 9 heavy (non-hydrogen) atoms. The number of nitrogens with two attached hydrogens (primary N) is 1. The van der Waals surface area contributed by atoms with Crippen molar-refractivity contribution in [3.63, 3.8) is 0 Å². The Hall–Kier alpha value is -1.26. The molecule has 0 atom stereocenters. The fourth-order valence-electron chi connectivity index (χ4n) is 0.614. The van der Waals surface area contributed by atoms with Crippen LogP contribution in [0.1, 0.15) is 6.42 Å². The lowest BCUT2D eigenvalue weighted by molar-refractivity contribution is 0.253. The van der Waals surface area contributed by atoms with Crippen molar-refractivity contribution < 1.29 is 4.79 Å². The van der Waals surface area contributed by atoms with Gasteiger partial charge in [-0.05, 0) is 0 Å². The lowest BCUT2D eigenvalue weighted by atomic mass is 10.4. The average molecular weight is 128 g/mol. The molecule has 0 saturated carbocycles. The highest BCUT2D eigenvalue weighted by Crippen LogP contribution is 1.87. The van der Waals surface area contributed by atoms with E-state index in [1.165, 1.54) is 0 Å². The SMILES string of the molecule is NC(=O)NC1=NNCC1. The number of urea groups is 1. The van der Waals surface area contributed by atoms with E-state index in [0.717, 1.165) is 13.0 Å². The van der Waals surface area contributed by atoms with Gasteiger partial charge in [-0.2, -0.15) is 5.10 Å². The molecule has 0 fully saturated rings. The summed E-state index contributed by atoms with van der Waals surface area (Å²) in [6.45, 7) is 0.773. The number of nitrogens with one attached hydrogen (secondary N) is 2. The predicted molar refractivity (Wildman–Crippen MR) is 32.8 cm³/mol. The Morgan fingerprint density at radius 2 is 2.67 bits per heavy atom. The molecule has 4 N–H and O–H groups in total. The van der Waals surface area contributed by atoms with Gasteiger partial charge in [0.1, 0.15) is 5.84 Å². The molecule has 0 aromatic rings. The largest absolute Gasteiger partial charge is 0.351 e. The zero-order chi connectivity index (χ0) is 6.69. The van der Waals surface area contributed by atoms with Crippen molar-refractivity contribution in [1.82, 2.24) is 10.7 Å². The number of rotatable bonds is 0. The highest BCUT2D eigenvalue weighted by molar-refractivity contribution is 5.97. The van der Waals surface area contributed by atoms with Gasteiger partial charge >= 0.3 is 6.03 Å². The maximum atomic E-state index is 10.2. The lowest BCUT2D eigenvalue weighted by Crippen LogP contribution is -2.34. The molecule has 0 spiro atoms. The number of carbonyl (C=O) groups excluding carboxylic acids is 1. The molecule has 0 bridgehead atoms. The maximum absolute atomic E-state index is 10.2. The Bertz CT molecular complexity index is 153. The number of hydrogen-bond acceptors (Lipinski definition) is 3. The first kappa shape index (κ1) is 5.87. The molecule has 5 heteroatoms. The Balaban J connectivity index is 2.35. The van der Waals surface area contributed by atoms with E-state index in [4.69, 9.17) is 5.73 Å². The third kappa shape index (κ3) is 1.60. The third-order valence-corrected chi connectivity index (χ3v) is 0.955. The lowest BCUT2D eigenvalue weighted by Gasteiger charge is -1.94. The zero-order valence-electron chi connectivity index (χ0n) is 4.85. The summed E-state index contributed by atoms with van der Waals surface area (Å²) < 4.78 is 0. The van der Waals surface area contributed by atoms with Gasteiger partial charge in [-0.25, -0.2) is 4.79 Å². The number of primary amides is 1. The van der Waals surface area contributed by atoms with Gasteiger partial charge in [-0.15, -0.1) is 0 Å². The van der Waals surface area contributed by atoms with Crippen LogP contribution in [-0.2, 0) is 0 Å². The minimum atomic E-state index is -0.558.